The molecule has 1 unspecified atom stereocenters. The Bertz CT molecular complexity index is 2830. The molecule has 0 spiro atoms. The predicted octanol–water partition coefficient (Wildman–Crippen LogP) is 11.7. The highest BCUT2D eigenvalue weighted by Crippen LogP contribution is 2.43. The van der Waals surface area contributed by atoms with Gasteiger partial charge in [0.15, 0.2) is 5.84 Å². The number of nitrogens with one attached hydrogen (secondary N) is 1. The molecule has 1 aliphatic rings. The summed E-state index contributed by atoms with van der Waals surface area (Å²) in [5.41, 5.74) is 9.23. The van der Waals surface area contributed by atoms with Crippen LogP contribution in [0.2, 0.25) is 0 Å². The highest BCUT2D eigenvalue weighted by molar-refractivity contribution is 6.24. The SMILES string of the molecule is c1ccc(C2=NC(c3ccc(-c4ccc(-c5ccccc5)c5ccccc45)c4oc5ccccc5c34)=NC(c3ccc4ccccc4c3)N2)cc1. The average Bonchev–Trinajstić information content (AvgIpc) is 3.60. The Morgan fingerprint density at radius 2 is 1.08 bits per heavy atom. The second-order valence-electron chi connectivity index (χ2n) is 13.0. The number of nitrogens with zero attached hydrogens (tertiary/aromatic N) is 2. The van der Waals surface area contributed by atoms with Crippen molar-refractivity contribution in [1.29, 1.82) is 0 Å². The molecule has 4 heteroatoms. The van der Waals surface area contributed by atoms with E-state index in [0.29, 0.717) is 5.84 Å². The van der Waals surface area contributed by atoms with Gasteiger partial charge < -0.3 is 9.73 Å². The van der Waals surface area contributed by atoms with Gasteiger partial charge in [-0.15, -0.1) is 0 Å². The molecule has 2 heterocycles. The van der Waals surface area contributed by atoms with Crippen LogP contribution in [-0.2, 0) is 0 Å². The van der Waals surface area contributed by atoms with Crippen molar-refractivity contribution in [1.82, 2.24) is 5.32 Å². The lowest BCUT2D eigenvalue weighted by atomic mass is 9.90. The van der Waals surface area contributed by atoms with Gasteiger partial charge in [-0.25, -0.2) is 9.98 Å². The fourth-order valence-electron chi connectivity index (χ4n) is 7.49. The van der Waals surface area contributed by atoms with Gasteiger partial charge in [-0.1, -0.05) is 152 Å². The molecule has 0 aliphatic carbocycles. The van der Waals surface area contributed by atoms with E-state index in [-0.39, 0.29) is 6.17 Å². The number of aliphatic imine (C=N–C) groups is 2. The first-order valence-electron chi connectivity index (χ1n) is 17.3. The molecule has 240 valence electrons. The van der Waals surface area contributed by atoms with Crippen molar-refractivity contribution < 1.29 is 4.42 Å². The monoisotopic (exact) mass is 653 g/mol. The Kier molecular flexibility index (Phi) is 6.85. The number of para-hydroxylation sites is 1. The van der Waals surface area contributed by atoms with Crippen LogP contribution in [0.15, 0.2) is 190 Å². The van der Waals surface area contributed by atoms with E-state index in [4.69, 9.17) is 14.4 Å². The first kappa shape index (κ1) is 29.2. The van der Waals surface area contributed by atoms with E-state index in [1.807, 2.05) is 30.3 Å². The van der Waals surface area contributed by atoms with Crippen LogP contribution >= 0.6 is 0 Å². The van der Waals surface area contributed by atoms with E-state index >= 15 is 0 Å². The van der Waals surface area contributed by atoms with Gasteiger partial charge in [-0.3, -0.25) is 0 Å². The normalized spacial score (nSPS) is 14.5. The second-order valence-corrected chi connectivity index (χ2v) is 13.0. The summed E-state index contributed by atoms with van der Waals surface area (Å²) in [6.07, 6.45) is -0.334. The summed E-state index contributed by atoms with van der Waals surface area (Å²) in [4.78, 5) is 10.5. The molecule has 0 bridgehead atoms. The minimum atomic E-state index is -0.334. The van der Waals surface area contributed by atoms with E-state index in [2.05, 4.69) is 151 Å². The molecule has 0 amide bonds. The maximum atomic E-state index is 6.79. The van der Waals surface area contributed by atoms with Gasteiger partial charge in [0.25, 0.3) is 0 Å². The third-order valence-electron chi connectivity index (χ3n) is 9.95. The molecule has 0 saturated heterocycles. The van der Waals surface area contributed by atoms with Crippen molar-refractivity contribution in [2.75, 3.05) is 0 Å². The van der Waals surface area contributed by atoms with E-state index in [9.17, 15) is 0 Å². The van der Waals surface area contributed by atoms with Crippen LogP contribution in [0.5, 0.6) is 0 Å². The predicted molar refractivity (Wildman–Crippen MR) is 211 cm³/mol. The van der Waals surface area contributed by atoms with Crippen molar-refractivity contribution in [3.05, 3.63) is 193 Å². The summed E-state index contributed by atoms with van der Waals surface area (Å²) >= 11 is 0. The lowest BCUT2D eigenvalue weighted by Gasteiger charge is -2.24. The Balaban J connectivity index is 1.20. The van der Waals surface area contributed by atoms with Crippen LogP contribution < -0.4 is 5.32 Å². The van der Waals surface area contributed by atoms with Gasteiger partial charge in [0.1, 0.15) is 23.2 Å². The quantitative estimate of drug-likeness (QED) is 0.201. The van der Waals surface area contributed by atoms with Crippen LogP contribution in [-0.4, -0.2) is 11.7 Å². The average molecular weight is 654 g/mol. The largest absolute Gasteiger partial charge is 0.455 e. The van der Waals surface area contributed by atoms with E-state index in [0.717, 1.165) is 55.6 Å². The van der Waals surface area contributed by atoms with Gasteiger partial charge in [-0.05, 0) is 68.1 Å². The van der Waals surface area contributed by atoms with E-state index in [1.54, 1.807) is 0 Å². The molecular weight excluding hydrogens is 623 g/mol. The van der Waals surface area contributed by atoms with Gasteiger partial charge in [0.2, 0.25) is 0 Å². The first-order valence-corrected chi connectivity index (χ1v) is 17.3. The summed E-state index contributed by atoms with van der Waals surface area (Å²) in [6, 6.07) is 61.6. The molecule has 0 saturated carbocycles. The molecule has 8 aromatic carbocycles. The lowest BCUT2D eigenvalue weighted by molar-refractivity contribution is 0.669. The Labute approximate surface area is 295 Å². The van der Waals surface area contributed by atoms with E-state index in [1.165, 1.54) is 32.7 Å². The fraction of sp³-hybridized carbons (Fsp3) is 0.0213. The maximum Gasteiger partial charge on any atom is 0.160 e. The highest BCUT2D eigenvalue weighted by Gasteiger charge is 2.25. The number of furan rings is 1. The number of rotatable bonds is 5. The number of fused-ring (bicyclic) bond motifs is 5. The summed E-state index contributed by atoms with van der Waals surface area (Å²) < 4.78 is 6.79. The van der Waals surface area contributed by atoms with Gasteiger partial charge in [0.05, 0.1) is 0 Å². The van der Waals surface area contributed by atoms with Crippen molar-refractivity contribution in [2.24, 2.45) is 9.98 Å². The van der Waals surface area contributed by atoms with Gasteiger partial charge >= 0.3 is 0 Å². The second kappa shape index (κ2) is 12.0. The van der Waals surface area contributed by atoms with Crippen molar-refractivity contribution in [2.45, 2.75) is 6.17 Å². The smallest absolute Gasteiger partial charge is 0.160 e. The Hall–Kier alpha value is -6.78. The molecule has 0 radical (unpaired) electrons. The van der Waals surface area contributed by atoms with Gasteiger partial charge in [0, 0.05) is 27.5 Å². The molecule has 1 atom stereocenters. The van der Waals surface area contributed by atoms with Crippen LogP contribution in [0.3, 0.4) is 0 Å². The van der Waals surface area contributed by atoms with E-state index < -0.39 is 0 Å². The minimum absolute atomic E-state index is 0.334. The fourth-order valence-corrected chi connectivity index (χ4v) is 7.49. The third kappa shape index (κ3) is 5.00. The molecule has 9 aromatic rings. The number of amidine groups is 2. The van der Waals surface area contributed by atoms with Crippen molar-refractivity contribution >= 4 is 55.2 Å². The number of hydrogen-bond donors (Lipinski definition) is 1. The molecule has 10 rings (SSSR count). The number of benzene rings is 8. The zero-order valence-electron chi connectivity index (χ0n) is 27.6. The van der Waals surface area contributed by atoms with Crippen LogP contribution in [0.25, 0.3) is 65.7 Å². The third-order valence-corrected chi connectivity index (χ3v) is 9.95. The summed E-state index contributed by atoms with van der Waals surface area (Å²) in [6.45, 7) is 0. The molecular formula is C47H31N3O. The van der Waals surface area contributed by atoms with Crippen LogP contribution in [0.4, 0.5) is 0 Å². The lowest BCUT2D eigenvalue weighted by Crippen LogP contribution is -2.33. The van der Waals surface area contributed by atoms with Crippen LogP contribution in [0.1, 0.15) is 22.9 Å². The highest BCUT2D eigenvalue weighted by atomic mass is 16.3. The van der Waals surface area contributed by atoms with Crippen LogP contribution in [0, 0.1) is 0 Å². The summed E-state index contributed by atoms with van der Waals surface area (Å²) in [5.74, 6) is 1.45. The summed E-state index contributed by atoms with van der Waals surface area (Å²) in [7, 11) is 0. The Morgan fingerprint density at radius 1 is 0.471 bits per heavy atom. The van der Waals surface area contributed by atoms with Crippen molar-refractivity contribution in [3.63, 3.8) is 0 Å². The van der Waals surface area contributed by atoms with Crippen molar-refractivity contribution in [3.8, 4) is 22.3 Å². The zero-order chi connectivity index (χ0) is 33.7. The standard InChI is InChI=1S/C47H31N3O/c1-3-14-31(15-4-1)35-25-26-38(37-20-10-9-19-36(35)37)39-27-28-41(43-40-21-11-12-22-42(40)51-44(39)43)47-49-45(32-16-5-2-6-17-32)48-46(50-47)34-24-23-30-13-7-8-18-33(30)29-34/h1-29,46H,(H,48,49,50). The maximum absolute atomic E-state index is 6.79. The number of hydrogen-bond acceptors (Lipinski definition) is 4. The topological polar surface area (TPSA) is 49.9 Å². The minimum Gasteiger partial charge on any atom is -0.455 e. The summed E-state index contributed by atoms with van der Waals surface area (Å²) in [5, 5.41) is 10.4. The zero-order valence-corrected chi connectivity index (χ0v) is 27.6. The molecule has 1 aromatic heterocycles. The first-order chi connectivity index (χ1) is 25.3. The molecule has 1 aliphatic heterocycles. The van der Waals surface area contributed by atoms with Gasteiger partial charge in [-0.2, -0.15) is 0 Å². The molecule has 51 heavy (non-hydrogen) atoms. The molecule has 0 fully saturated rings. The molecule has 1 N–H and O–H groups in total. The Morgan fingerprint density at radius 3 is 1.88 bits per heavy atom. The molecule has 4 nitrogen and oxygen atoms in total.